The van der Waals surface area contributed by atoms with Gasteiger partial charge in [-0.25, -0.2) is 4.79 Å². The van der Waals surface area contributed by atoms with Gasteiger partial charge < -0.3 is 14.3 Å². The number of thioether (sulfide) groups is 1. The van der Waals surface area contributed by atoms with Crippen molar-refractivity contribution in [3.05, 3.63) is 23.7 Å². The third-order valence-electron chi connectivity index (χ3n) is 2.10. The van der Waals surface area contributed by atoms with Gasteiger partial charge >= 0.3 is 11.9 Å². The van der Waals surface area contributed by atoms with Gasteiger partial charge in [0.25, 0.3) is 0 Å². The van der Waals surface area contributed by atoms with Crippen LogP contribution >= 0.6 is 11.8 Å². The standard InChI is InChI=1S/C11H14O5S/c1-7(5-9(12)13)17-6-8-3-4-16-10(8)11(14)15-2/h3-4,7H,5-6H2,1-2H3,(H,12,13). The maximum Gasteiger partial charge on any atom is 0.374 e. The van der Waals surface area contributed by atoms with Crippen molar-refractivity contribution in [3.8, 4) is 0 Å². The summed E-state index contributed by atoms with van der Waals surface area (Å²) >= 11 is 1.46. The van der Waals surface area contributed by atoms with E-state index in [2.05, 4.69) is 4.74 Å². The number of rotatable bonds is 6. The Kier molecular flexibility index (Phi) is 5.09. The zero-order valence-electron chi connectivity index (χ0n) is 9.63. The van der Waals surface area contributed by atoms with Crippen molar-refractivity contribution in [2.75, 3.05) is 7.11 Å². The van der Waals surface area contributed by atoms with Crippen LogP contribution in [0.3, 0.4) is 0 Å². The molecule has 0 aliphatic rings. The maximum atomic E-state index is 11.3. The molecule has 0 saturated heterocycles. The fraction of sp³-hybridized carbons (Fsp3) is 0.455. The van der Waals surface area contributed by atoms with E-state index in [1.807, 2.05) is 6.92 Å². The molecule has 0 spiro atoms. The number of carbonyl (C=O) groups excluding carboxylic acids is 1. The summed E-state index contributed by atoms with van der Waals surface area (Å²) in [4.78, 5) is 21.8. The molecule has 1 unspecified atom stereocenters. The van der Waals surface area contributed by atoms with Crippen LogP contribution in [0, 0.1) is 0 Å². The lowest BCUT2D eigenvalue weighted by atomic mass is 10.3. The van der Waals surface area contributed by atoms with Crippen molar-refractivity contribution in [1.82, 2.24) is 0 Å². The highest BCUT2D eigenvalue weighted by molar-refractivity contribution is 7.99. The van der Waals surface area contributed by atoms with E-state index in [4.69, 9.17) is 9.52 Å². The molecule has 94 valence electrons. The van der Waals surface area contributed by atoms with E-state index in [1.54, 1.807) is 6.07 Å². The zero-order valence-corrected chi connectivity index (χ0v) is 10.5. The first-order valence-corrected chi connectivity index (χ1v) is 6.07. The van der Waals surface area contributed by atoms with E-state index in [-0.39, 0.29) is 17.4 Å². The number of ether oxygens (including phenoxy) is 1. The third-order valence-corrected chi connectivity index (χ3v) is 3.32. The minimum atomic E-state index is -0.828. The molecular formula is C11H14O5S. The fourth-order valence-corrected chi connectivity index (χ4v) is 2.21. The van der Waals surface area contributed by atoms with Crippen LogP contribution in [-0.4, -0.2) is 29.4 Å². The van der Waals surface area contributed by atoms with Crippen LogP contribution in [0.5, 0.6) is 0 Å². The highest BCUT2D eigenvalue weighted by Gasteiger charge is 2.17. The third kappa shape index (κ3) is 4.14. The first-order valence-electron chi connectivity index (χ1n) is 5.02. The molecule has 0 amide bonds. The highest BCUT2D eigenvalue weighted by Crippen LogP contribution is 2.23. The average molecular weight is 258 g/mol. The smallest absolute Gasteiger partial charge is 0.374 e. The Morgan fingerprint density at radius 1 is 1.59 bits per heavy atom. The number of methoxy groups -OCH3 is 1. The molecule has 0 fully saturated rings. The molecular weight excluding hydrogens is 244 g/mol. The van der Waals surface area contributed by atoms with Crippen molar-refractivity contribution < 1.29 is 23.8 Å². The second kappa shape index (κ2) is 6.34. The number of hydrogen-bond acceptors (Lipinski definition) is 5. The number of furan rings is 1. The van der Waals surface area contributed by atoms with Crippen molar-refractivity contribution in [2.24, 2.45) is 0 Å². The lowest BCUT2D eigenvalue weighted by Gasteiger charge is -2.07. The molecule has 1 N–H and O–H groups in total. The predicted molar refractivity (Wildman–Crippen MR) is 63.1 cm³/mol. The Bertz CT molecular complexity index is 398. The molecule has 1 atom stereocenters. The van der Waals surface area contributed by atoms with Crippen LogP contribution in [0.1, 0.15) is 29.5 Å². The van der Waals surface area contributed by atoms with Gasteiger partial charge in [0.1, 0.15) is 0 Å². The number of carboxylic acids is 1. The highest BCUT2D eigenvalue weighted by atomic mass is 32.2. The molecule has 0 aliphatic carbocycles. The fourth-order valence-electron chi connectivity index (χ4n) is 1.26. The van der Waals surface area contributed by atoms with Gasteiger partial charge in [-0.1, -0.05) is 6.92 Å². The van der Waals surface area contributed by atoms with Crippen molar-refractivity contribution in [1.29, 1.82) is 0 Å². The van der Waals surface area contributed by atoms with Gasteiger partial charge in [-0.3, -0.25) is 4.79 Å². The largest absolute Gasteiger partial charge is 0.481 e. The molecule has 0 radical (unpaired) electrons. The molecule has 1 rings (SSSR count). The summed E-state index contributed by atoms with van der Waals surface area (Å²) < 4.78 is 9.60. The summed E-state index contributed by atoms with van der Waals surface area (Å²) in [5.41, 5.74) is 0.721. The Hall–Kier alpha value is -1.43. The second-order valence-electron chi connectivity index (χ2n) is 3.49. The Morgan fingerprint density at radius 3 is 2.88 bits per heavy atom. The van der Waals surface area contributed by atoms with Gasteiger partial charge in [0, 0.05) is 16.6 Å². The maximum absolute atomic E-state index is 11.3. The van der Waals surface area contributed by atoms with Gasteiger partial charge in [0.05, 0.1) is 19.8 Å². The lowest BCUT2D eigenvalue weighted by molar-refractivity contribution is -0.136. The van der Waals surface area contributed by atoms with Gasteiger partial charge in [0.15, 0.2) is 0 Å². The molecule has 0 bridgehead atoms. The normalized spacial score (nSPS) is 12.1. The number of esters is 1. The number of carboxylic acid groups (broad SMARTS) is 1. The van der Waals surface area contributed by atoms with Gasteiger partial charge in [-0.2, -0.15) is 11.8 Å². The molecule has 0 saturated carbocycles. The topological polar surface area (TPSA) is 76.7 Å². The summed E-state index contributed by atoms with van der Waals surface area (Å²) in [7, 11) is 1.29. The molecule has 6 heteroatoms. The Labute approximate surface area is 103 Å². The monoisotopic (exact) mass is 258 g/mol. The summed E-state index contributed by atoms with van der Waals surface area (Å²) in [6.07, 6.45) is 1.51. The van der Waals surface area contributed by atoms with E-state index in [9.17, 15) is 9.59 Å². The Balaban J connectivity index is 2.55. The van der Waals surface area contributed by atoms with E-state index in [1.165, 1.54) is 25.1 Å². The second-order valence-corrected chi connectivity index (χ2v) is 4.91. The molecule has 0 aliphatic heterocycles. The van der Waals surface area contributed by atoms with Crippen LogP contribution in [0.4, 0.5) is 0 Å². The zero-order chi connectivity index (χ0) is 12.8. The summed E-state index contributed by atoms with van der Waals surface area (Å²) in [6.45, 7) is 1.83. The molecule has 17 heavy (non-hydrogen) atoms. The van der Waals surface area contributed by atoms with Gasteiger partial charge in [0.2, 0.25) is 5.76 Å². The van der Waals surface area contributed by atoms with Crippen molar-refractivity contribution in [2.45, 2.75) is 24.3 Å². The lowest BCUT2D eigenvalue weighted by Crippen LogP contribution is -2.07. The summed E-state index contributed by atoms with van der Waals surface area (Å²) in [6, 6.07) is 1.69. The van der Waals surface area contributed by atoms with Crippen LogP contribution in [0.2, 0.25) is 0 Å². The summed E-state index contributed by atoms with van der Waals surface area (Å²) in [5.74, 6) is -0.639. The van der Waals surface area contributed by atoms with E-state index in [0.29, 0.717) is 5.75 Å². The molecule has 0 aromatic carbocycles. The van der Waals surface area contributed by atoms with Gasteiger partial charge in [-0.05, 0) is 6.07 Å². The summed E-state index contributed by atoms with van der Waals surface area (Å²) in [5, 5.41) is 8.60. The molecule has 5 nitrogen and oxygen atoms in total. The van der Waals surface area contributed by atoms with E-state index in [0.717, 1.165) is 5.56 Å². The van der Waals surface area contributed by atoms with Crippen molar-refractivity contribution in [3.63, 3.8) is 0 Å². The molecule has 1 aromatic rings. The number of carbonyl (C=O) groups is 2. The quantitative estimate of drug-likeness (QED) is 0.788. The van der Waals surface area contributed by atoms with Gasteiger partial charge in [-0.15, -0.1) is 0 Å². The Morgan fingerprint density at radius 2 is 2.29 bits per heavy atom. The first-order chi connectivity index (χ1) is 8.04. The molecule has 1 heterocycles. The van der Waals surface area contributed by atoms with Crippen molar-refractivity contribution >= 4 is 23.7 Å². The SMILES string of the molecule is COC(=O)c1occc1CSC(C)CC(=O)O. The number of aliphatic carboxylic acids is 1. The predicted octanol–water partition coefficient (Wildman–Crippen LogP) is 2.16. The number of hydrogen-bond donors (Lipinski definition) is 1. The average Bonchev–Trinajstić information content (AvgIpc) is 2.72. The minimum Gasteiger partial charge on any atom is -0.481 e. The molecule has 1 aromatic heterocycles. The van der Waals surface area contributed by atoms with E-state index < -0.39 is 11.9 Å². The van der Waals surface area contributed by atoms with Crippen LogP contribution < -0.4 is 0 Å². The van der Waals surface area contributed by atoms with Crippen LogP contribution in [0.15, 0.2) is 16.7 Å². The van der Waals surface area contributed by atoms with Crippen LogP contribution in [-0.2, 0) is 15.3 Å². The first kappa shape index (κ1) is 13.6. The van der Waals surface area contributed by atoms with Crippen LogP contribution in [0.25, 0.3) is 0 Å². The van der Waals surface area contributed by atoms with E-state index >= 15 is 0 Å². The minimum absolute atomic E-state index is 0.0205.